The first-order chi connectivity index (χ1) is 14.9. The fraction of sp³-hybridized carbons (Fsp3) is 0.652. The van der Waals surface area contributed by atoms with Crippen molar-refractivity contribution >= 4 is 36.5 Å². The van der Waals surface area contributed by atoms with Crippen LogP contribution in [-0.2, 0) is 20.7 Å². The quantitative estimate of drug-likeness (QED) is 0.136. The van der Waals surface area contributed by atoms with Gasteiger partial charge in [0, 0.05) is 35.9 Å². The van der Waals surface area contributed by atoms with Gasteiger partial charge in [0.05, 0.1) is 6.61 Å². The van der Waals surface area contributed by atoms with E-state index < -0.39 is 11.6 Å². The Kier molecular flexibility index (Phi) is 10.7. The molecular weight excluding hydrogens is 430 g/mol. The molecule has 1 aliphatic heterocycles. The smallest absolute Gasteiger partial charge is 0.348 e. The fourth-order valence-corrected chi connectivity index (χ4v) is 5.16. The number of esters is 1. The molecular formula is C23H37N3O3S2. The van der Waals surface area contributed by atoms with Gasteiger partial charge in [-0.1, -0.05) is 63.9 Å². The van der Waals surface area contributed by atoms with Crippen LogP contribution >= 0.6 is 24.6 Å². The van der Waals surface area contributed by atoms with Crippen molar-refractivity contribution in [3.05, 3.63) is 35.9 Å². The lowest BCUT2D eigenvalue weighted by molar-refractivity contribution is -0.153. The van der Waals surface area contributed by atoms with Crippen molar-refractivity contribution in [2.45, 2.75) is 58.2 Å². The van der Waals surface area contributed by atoms with Crippen LogP contribution in [-0.4, -0.2) is 52.5 Å². The number of carbonyl (C=O) groups excluding carboxylic acids is 2. The Hall–Kier alpha value is -1.22. The molecule has 4 atom stereocenters. The largest absolute Gasteiger partial charge is 0.462 e. The highest BCUT2D eigenvalue weighted by molar-refractivity contribution is 7.97. The zero-order valence-corrected chi connectivity index (χ0v) is 20.6. The molecule has 2 rings (SSSR count). The third-order valence-corrected chi connectivity index (χ3v) is 7.32. The van der Waals surface area contributed by atoms with Crippen molar-refractivity contribution in [2.75, 3.05) is 24.7 Å². The van der Waals surface area contributed by atoms with E-state index in [1.54, 1.807) is 4.31 Å². The zero-order chi connectivity index (χ0) is 22.9. The summed E-state index contributed by atoms with van der Waals surface area (Å²) in [6.07, 6.45) is 3.77. The third kappa shape index (κ3) is 6.63. The van der Waals surface area contributed by atoms with Crippen LogP contribution in [0.15, 0.2) is 30.3 Å². The van der Waals surface area contributed by atoms with Crippen LogP contribution in [0.1, 0.15) is 45.6 Å². The molecule has 0 bridgehead atoms. The van der Waals surface area contributed by atoms with E-state index in [9.17, 15) is 9.59 Å². The Balaban J connectivity index is 2.30. The van der Waals surface area contributed by atoms with E-state index in [2.05, 4.69) is 24.9 Å². The maximum Gasteiger partial charge on any atom is 0.348 e. The number of nitrogens with zero attached hydrogens (tertiary/aromatic N) is 1. The monoisotopic (exact) mass is 467 g/mol. The van der Waals surface area contributed by atoms with E-state index in [-0.39, 0.29) is 30.4 Å². The highest BCUT2D eigenvalue weighted by Gasteiger charge is 2.57. The lowest BCUT2D eigenvalue weighted by Gasteiger charge is -2.42. The third-order valence-electron chi connectivity index (χ3n) is 5.65. The summed E-state index contributed by atoms with van der Waals surface area (Å²) in [5.41, 5.74) is 5.95. The predicted molar refractivity (Wildman–Crippen MR) is 131 cm³/mol. The van der Waals surface area contributed by atoms with Crippen molar-refractivity contribution in [1.82, 2.24) is 9.62 Å². The average molecular weight is 468 g/mol. The molecule has 6 nitrogen and oxygen atoms in total. The lowest BCUT2D eigenvalue weighted by atomic mass is 9.94. The zero-order valence-electron chi connectivity index (χ0n) is 18.9. The average Bonchev–Trinajstić information content (AvgIpc) is 3.06. The van der Waals surface area contributed by atoms with E-state index in [1.807, 2.05) is 44.2 Å². The summed E-state index contributed by atoms with van der Waals surface area (Å²) in [5.74, 6) is 0.295. The number of nitrogens with two attached hydrogens (primary N) is 1. The van der Waals surface area contributed by atoms with Gasteiger partial charge in [0.15, 0.2) is 0 Å². The second kappa shape index (κ2) is 12.7. The maximum absolute atomic E-state index is 13.7. The van der Waals surface area contributed by atoms with Crippen LogP contribution in [0, 0.1) is 11.8 Å². The second-order valence-corrected chi connectivity index (χ2v) is 9.75. The standard InChI is InChI=1S/C23H37N3O3S2/c1-4-5-9-12-31-26(21(27)17(2)13-19-10-7-6-8-11-19)23(25-14-20(24)16-30)18(3)15-29-22(23)28/h6-8,10-11,17-18,20,25,30H,4-5,9,12-16,24H2,1-3H3/t17?,18-,20?,23-/m1/s1. The first kappa shape index (κ1) is 26.0. The van der Waals surface area contributed by atoms with Gasteiger partial charge in [-0.05, 0) is 30.4 Å². The van der Waals surface area contributed by atoms with Gasteiger partial charge < -0.3 is 10.5 Å². The summed E-state index contributed by atoms with van der Waals surface area (Å²) in [6.45, 7) is 6.66. The summed E-state index contributed by atoms with van der Waals surface area (Å²) >= 11 is 5.69. The number of thiol groups is 1. The fourth-order valence-electron chi connectivity index (χ4n) is 3.69. The van der Waals surface area contributed by atoms with Gasteiger partial charge in [-0.3, -0.25) is 14.4 Å². The summed E-state index contributed by atoms with van der Waals surface area (Å²) in [5, 5.41) is 3.32. The molecule has 0 saturated carbocycles. The van der Waals surface area contributed by atoms with Crippen molar-refractivity contribution in [3.63, 3.8) is 0 Å². The van der Waals surface area contributed by atoms with Gasteiger partial charge in [-0.2, -0.15) is 12.6 Å². The molecule has 1 aromatic rings. The van der Waals surface area contributed by atoms with Crippen LogP contribution in [0.2, 0.25) is 0 Å². The Morgan fingerprint density at radius 1 is 1.39 bits per heavy atom. The van der Waals surface area contributed by atoms with Crippen LogP contribution in [0.4, 0.5) is 0 Å². The Morgan fingerprint density at radius 3 is 2.68 bits per heavy atom. The summed E-state index contributed by atoms with van der Waals surface area (Å²) in [4.78, 5) is 26.8. The molecule has 31 heavy (non-hydrogen) atoms. The molecule has 0 radical (unpaired) electrons. The molecule has 1 saturated heterocycles. The molecule has 3 N–H and O–H groups in total. The molecule has 1 aromatic carbocycles. The SMILES string of the molecule is CCCCCSN(C(=O)C(C)Cc1ccccc1)[C@@]1(NCC(N)CS)C(=O)OC[C@H]1C. The number of ether oxygens (including phenoxy) is 1. The summed E-state index contributed by atoms with van der Waals surface area (Å²) in [7, 11) is 0. The molecule has 0 aromatic heterocycles. The highest BCUT2D eigenvalue weighted by atomic mass is 32.2. The van der Waals surface area contributed by atoms with Gasteiger partial charge >= 0.3 is 5.97 Å². The van der Waals surface area contributed by atoms with E-state index >= 15 is 0 Å². The maximum atomic E-state index is 13.7. The van der Waals surface area contributed by atoms with Gasteiger partial charge in [-0.15, -0.1) is 0 Å². The van der Waals surface area contributed by atoms with Gasteiger partial charge in [0.25, 0.3) is 0 Å². The Labute approximate surface area is 196 Å². The minimum Gasteiger partial charge on any atom is -0.462 e. The van der Waals surface area contributed by atoms with Crippen molar-refractivity contribution in [2.24, 2.45) is 17.6 Å². The molecule has 174 valence electrons. The van der Waals surface area contributed by atoms with Crippen LogP contribution in [0.5, 0.6) is 0 Å². The number of cyclic esters (lactones) is 1. The number of unbranched alkanes of at least 4 members (excludes halogenated alkanes) is 2. The van der Waals surface area contributed by atoms with E-state index in [1.165, 1.54) is 11.9 Å². The van der Waals surface area contributed by atoms with E-state index in [4.69, 9.17) is 10.5 Å². The molecule has 0 spiro atoms. The second-order valence-electron chi connectivity index (χ2n) is 8.35. The topological polar surface area (TPSA) is 84.7 Å². The van der Waals surface area contributed by atoms with Crippen LogP contribution in [0.25, 0.3) is 0 Å². The number of amides is 1. The number of rotatable bonds is 13. The minimum atomic E-state index is -1.22. The number of hydrogen-bond donors (Lipinski definition) is 3. The number of hydrogen-bond acceptors (Lipinski definition) is 7. The lowest BCUT2D eigenvalue weighted by Crippen LogP contribution is -2.67. The van der Waals surface area contributed by atoms with Crippen molar-refractivity contribution in [1.29, 1.82) is 0 Å². The first-order valence-corrected chi connectivity index (χ1v) is 12.7. The van der Waals surface area contributed by atoms with Gasteiger partial charge in [0.2, 0.25) is 11.6 Å². The number of nitrogens with one attached hydrogen (secondary N) is 1. The Morgan fingerprint density at radius 2 is 2.10 bits per heavy atom. The summed E-state index contributed by atoms with van der Waals surface area (Å²) < 4.78 is 7.10. The molecule has 1 heterocycles. The van der Waals surface area contributed by atoms with Crippen LogP contribution < -0.4 is 11.1 Å². The van der Waals surface area contributed by atoms with Crippen LogP contribution in [0.3, 0.4) is 0 Å². The minimum absolute atomic E-state index is 0.0667. The normalized spacial score (nSPS) is 22.7. The van der Waals surface area contributed by atoms with E-state index in [0.29, 0.717) is 18.7 Å². The molecule has 8 heteroatoms. The van der Waals surface area contributed by atoms with E-state index in [0.717, 1.165) is 30.6 Å². The van der Waals surface area contributed by atoms with Crippen molar-refractivity contribution < 1.29 is 14.3 Å². The first-order valence-electron chi connectivity index (χ1n) is 11.2. The predicted octanol–water partition coefficient (Wildman–Crippen LogP) is 3.27. The molecule has 1 fully saturated rings. The summed E-state index contributed by atoms with van der Waals surface area (Å²) in [6, 6.07) is 9.73. The molecule has 2 unspecified atom stereocenters. The Bertz CT molecular complexity index is 707. The number of benzene rings is 1. The molecule has 1 aliphatic rings. The number of carbonyl (C=O) groups is 2. The van der Waals surface area contributed by atoms with Crippen molar-refractivity contribution in [3.8, 4) is 0 Å². The van der Waals surface area contributed by atoms with Gasteiger partial charge in [-0.25, -0.2) is 4.79 Å². The molecule has 0 aliphatic carbocycles. The van der Waals surface area contributed by atoms with Gasteiger partial charge in [0.1, 0.15) is 0 Å². The molecule has 1 amide bonds. The highest BCUT2D eigenvalue weighted by Crippen LogP contribution is 2.37.